The normalized spacial score (nSPS) is 24.9. The quantitative estimate of drug-likeness (QED) is 0.823. The van der Waals surface area contributed by atoms with E-state index in [9.17, 15) is 4.79 Å². The van der Waals surface area contributed by atoms with Crippen LogP contribution in [0, 0.1) is 12.8 Å². The maximum absolute atomic E-state index is 12.2. The van der Waals surface area contributed by atoms with Crippen LogP contribution in [0.1, 0.15) is 29.9 Å². The Bertz CT molecular complexity index is 536. The number of rotatable bonds is 4. The molecular weight excluding hydrogens is 248 g/mol. The van der Waals surface area contributed by atoms with Gasteiger partial charge >= 0.3 is 0 Å². The minimum Gasteiger partial charge on any atom is -0.352 e. The zero-order valence-corrected chi connectivity index (χ0v) is 12.0. The summed E-state index contributed by atoms with van der Waals surface area (Å²) < 4.78 is 0. The Balaban J connectivity index is 1.53. The topological polar surface area (TPSA) is 41.1 Å². The Kier molecular flexibility index (Phi) is 3.88. The molecule has 1 aromatic carbocycles. The van der Waals surface area contributed by atoms with E-state index in [0.717, 1.165) is 32.5 Å². The number of carbonyl (C=O) groups is 1. The van der Waals surface area contributed by atoms with Gasteiger partial charge in [-0.05, 0) is 43.4 Å². The fourth-order valence-electron chi connectivity index (χ4n) is 2.99. The van der Waals surface area contributed by atoms with Crippen molar-refractivity contribution < 1.29 is 4.79 Å². The number of carbonyl (C=O) groups excluding carboxylic acids is 1. The van der Waals surface area contributed by atoms with E-state index in [0.29, 0.717) is 5.92 Å². The summed E-state index contributed by atoms with van der Waals surface area (Å²) >= 11 is 0. The largest absolute Gasteiger partial charge is 0.352 e. The number of hydrogen-bond donors (Lipinski definition) is 2. The van der Waals surface area contributed by atoms with Gasteiger partial charge in [0.15, 0.2) is 0 Å². The van der Waals surface area contributed by atoms with E-state index >= 15 is 0 Å². The van der Waals surface area contributed by atoms with E-state index < -0.39 is 0 Å². The summed E-state index contributed by atoms with van der Waals surface area (Å²) in [5.74, 6) is 0.828. The number of amides is 1. The third-order valence-electron chi connectivity index (χ3n) is 4.36. The lowest BCUT2D eigenvalue weighted by atomic mass is 10.0. The van der Waals surface area contributed by atoms with E-state index in [1.165, 1.54) is 16.7 Å². The fourth-order valence-corrected chi connectivity index (χ4v) is 2.99. The van der Waals surface area contributed by atoms with Crippen molar-refractivity contribution in [2.24, 2.45) is 5.92 Å². The van der Waals surface area contributed by atoms with E-state index in [1.54, 1.807) is 0 Å². The Morgan fingerprint density at radius 2 is 2.25 bits per heavy atom. The Hall–Kier alpha value is -1.61. The van der Waals surface area contributed by atoms with Crippen molar-refractivity contribution in [3.05, 3.63) is 47.0 Å². The molecule has 2 N–H and O–H groups in total. The van der Waals surface area contributed by atoms with Gasteiger partial charge in [0, 0.05) is 19.0 Å². The molecule has 0 spiro atoms. The van der Waals surface area contributed by atoms with Gasteiger partial charge < -0.3 is 10.6 Å². The molecule has 106 valence electrons. The highest BCUT2D eigenvalue weighted by Crippen LogP contribution is 2.48. The van der Waals surface area contributed by atoms with E-state index in [4.69, 9.17) is 0 Å². The molecule has 0 radical (unpaired) electrons. The minimum absolute atomic E-state index is 0.179. The first kappa shape index (κ1) is 13.4. The summed E-state index contributed by atoms with van der Waals surface area (Å²) in [6, 6.07) is 8.40. The Labute approximate surface area is 120 Å². The van der Waals surface area contributed by atoms with Crippen molar-refractivity contribution in [3.8, 4) is 0 Å². The maximum Gasteiger partial charge on any atom is 0.224 e. The average molecular weight is 270 g/mol. The molecular formula is C17H22N2O. The lowest BCUT2D eigenvalue weighted by molar-refractivity contribution is -0.122. The standard InChI is InChI=1S/C17H22N2O/c1-12-4-2-3-5-14(12)15-10-16(15)17(20)19-11-13-6-8-18-9-7-13/h2-6,15-16,18H,7-11H2,1H3,(H,19,20). The highest BCUT2D eigenvalue weighted by molar-refractivity contribution is 5.83. The minimum atomic E-state index is 0.179. The average Bonchev–Trinajstić information content (AvgIpc) is 3.27. The Morgan fingerprint density at radius 3 is 3.00 bits per heavy atom. The molecule has 3 heteroatoms. The first-order valence-corrected chi connectivity index (χ1v) is 7.47. The molecule has 2 aliphatic rings. The zero-order chi connectivity index (χ0) is 13.9. The van der Waals surface area contributed by atoms with Gasteiger partial charge in [-0.3, -0.25) is 4.79 Å². The molecule has 0 aromatic heterocycles. The van der Waals surface area contributed by atoms with Gasteiger partial charge in [0.05, 0.1) is 0 Å². The smallest absolute Gasteiger partial charge is 0.224 e. The second-order valence-corrected chi connectivity index (χ2v) is 5.84. The van der Waals surface area contributed by atoms with Crippen LogP contribution in [-0.2, 0) is 4.79 Å². The molecule has 3 nitrogen and oxygen atoms in total. The van der Waals surface area contributed by atoms with Gasteiger partial charge in [-0.15, -0.1) is 0 Å². The van der Waals surface area contributed by atoms with Gasteiger partial charge in [-0.25, -0.2) is 0 Å². The summed E-state index contributed by atoms with van der Waals surface area (Å²) in [5, 5.41) is 6.38. The lowest BCUT2D eigenvalue weighted by Gasteiger charge is -2.14. The lowest BCUT2D eigenvalue weighted by Crippen LogP contribution is -2.30. The summed E-state index contributed by atoms with van der Waals surface area (Å²) in [4.78, 5) is 12.2. The molecule has 20 heavy (non-hydrogen) atoms. The molecule has 1 aliphatic heterocycles. The molecule has 2 atom stereocenters. The highest BCUT2D eigenvalue weighted by atomic mass is 16.2. The van der Waals surface area contributed by atoms with Crippen molar-refractivity contribution in [2.45, 2.75) is 25.7 Å². The molecule has 0 bridgehead atoms. The van der Waals surface area contributed by atoms with Gasteiger partial charge in [0.1, 0.15) is 0 Å². The van der Waals surface area contributed by atoms with E-state index in [-0.39, 0.29) is 11.8 Å². The summed E-state index contributed by atoms with van der Waals surface area (Å²) in [6.45, 7) is 4.80. The van der Waals surface area contributed by atoms with E-state index in [1.807, 2.05) is 0 Å². The Morgan fingerprint density at radius 1 is 1.40 bits per heavy atom. The van der Waals surface area contributed by atoms with Crippen LogP contribution in [0.3, 0.4) is 0 Å². The highest BCUT2D eigenvalue weighted by Gasteiger charge is 2.44. The van der Waals surface area contributed by atoms with Crippen LogP contribution in [-0.4, -0.2) is 25.5 Å². The molecule has 1 aliphatic carbocycles. The van der Waals surface area contributed by atoms with Crippen LogP contribution in [0.5, 0.6) is 0 Å². The van der Waals surface area contributed by atoms with Crippen LogP contribution in [0.4, 0.5) is 0 Å². The molecule has 1 aromatic rings. The summed E-state index contributed by atoms with van der Waals surface area (Å²) in [6.07, 6.45) is 4.24. The molecule has 1 amide bonds. The van der Waals surface area contributed by atoms with Gasteiger partial charge in [-0.1, -0.05) is 35.9 Å². The van der Waals surface area contributed by atoms with Crippen molar-refractivity contribution in [1.82, 2.24) is 10.6 Å². The predicted octanol–water partition coefficient (Wildman–Crippen LogP) is 2.13. The number of benzene rings is 1. The zero-order valence-electron chi connectivity index (χ0n) is 12.0. The second kappa shape index (κ2) is 5.80. The molecule has 1 fully saturated rings. The molecule has 1 saturated carbocycles. The third-order valence-corrected chi connectivity index (χ3v) is 4.36. The second-order valence-electron chi connectivity index (χ2n) is 5.84. The van der Waals surface area contributed by atoms with Gasteiger partial charge in [0.25, 0.3) is 0 Å². The molecule has 1 heterocycles. The monoisotopic (exact) mass is 270 g/mol. The molecule has 0 saturated heterocycles. The number of hydrogen-bond acceptors (Lipinski definition) is 2. The number of nitrogens with one attached hydrogen (secondary N) is 2. The van der Waals surface area contributed by atoms with Crippen LogP contribution in [0.2, 0.25) is 0 Å². The first-order valence-electron chi connectivity index (χ1n) is 7.47. The van der Waals surface area contributed by atoms with Crippen molar-refractivity contribution in [3.63, 3.8) is 0 Å². The summed E-state index contributed by atoms with van der Waals surface area (Å²) in [5.41, 5.74) is 3.99. The van der Waals surface area contributed by atoms with Crippen molar-refractivity contribution in [1.29, 1.82) is 0 Å². The summed E-state index contributed by atoms with van der Waals surface area (Å²) in [7, 11) is 0. The van der Waals surface area contributed by atoms with Crippen LogP contribution in [0.25, 0.3) is 0 Å². The molecule has 3 rings (SSSR count). The fraction of sp³-hybridized carbons (Fsp3) is 0.471. The third kappa shape index (κ3) is 2.93. The number of aryl methyl sites for hydroxylation is 1. The van der Waals surface area contributed by atoms with Crippen molar-refractivity contribution in [2.75, 3.05) is 19.6 Å². The van der Waals surface area contributed by atoms with Crippen LogP contribution < -0.4 is 10.6 Å². The maximum atomic E-state index is 12.2. The van der Waals surface area contributed by atoms with Crippen LogP contribution in [0.15, 0.2) is 35.9 Å². The molecule has 2 unspecified atom stereocenters. The predicted molar refractivity (Wildman–Crippen MR) is 80.6 cm³/mol. The van der Waals surface area contributed by atoms with Crippen LogP contribution >= 0.6 is 0 Å². The van der Waals surface area contributed by atoms with Crippen molar-refractivity contribution >= 4 is 5.91 Å². The van der Waals surface area contributed by atoms with E-state index in [2.05, 4.69) is 47.9 Å². The van der Waals surface area contributed by atoms with Gasteiger partial charge in [0.2, 0.25) is 5.91 Å². The SMILES string of the molecule is Cc1ccccc1C1CC1C(=O)NCC1=CCNCC1. The van der Waals surface area contributed by atoms with Gasteiger partial charge in [-0.2, -0.15) is 0 Å². The first-order chi connectivity index (χ1) is 9.75.